The first-order valence-electron chi connectivity index (χ1n) is 12.8. The van der Waals surface area contributed by atoms with E-state index < -0.39 is 40.4 Å². The summed E-state index contributed by atoms with van der Waals surface area (Å²) in [6.07, 6.45) is 3.58. The molecule has 40 heavy (non-hydrogen) atoms. The molecule has 4 atom stereocenters. The molecule has 0 unspecified atom stereocenters. The molecule has 202 valence electrons. The molecule has 4 aliphatic rings. The third-order valence-electron chi connectivity index (χ3n) is 8.42. The number of nitro groups is 1. The molecule has 2 amide bonds. The van der Waals surface area contributed by atoms with Crippen LogP contribution in [0.25, 0.3) is 0 Å². The highest BCUT2D eigenvalue weighted by Crippen LogP contribution is 2.55. The largest absolute Gasteiger partial charge is 0.504 e. The Balaban J connectivity index is 1.45. The topological polar surface area (TPSA) is 144 Å². The average molecular weight is 541 g/mol. The smallest absolute Gasteiger partial charge is 0.269 e. The van der Waals surface area contributed by atoms with Crippen LogP contribution >= 0.6 is 0 Å². The summed E-state index contributed by atoms with van der Waals surface area (Å²) >= 11 is 0. The summed E-state index contributed by atoms with van der Waals surface area (Å²) in [5.41, 5.74) is 2.37. The molecule has 3 aliphatic carbocycles. The zero-order valence-electron chi connectivity index (χ0n) is 21.6. The zero-order valence-corrected chi connectivity index (χ0v) is 21.6. The summed E-state index contributed by atoms with van der Waals surface area (Å²) in [5, 5.41) is 21.6. The van der Waals surface area contributed by atoms with Gasteiger partial charge in [-0.05, 0) is 61.6 Å². The Morgan fingerprint density at radius 2 is 1.75 bits per heavy atom. The number of aromatic hydroxyl groups is 1. The number of allylic oxidation sites excluding steroid dienone is 6. The monoisotopic (exact) mass is 540 g/mol. The van der Waals surface area contributed by atoms with E-state index in [1.165, 1.54) is 43.5 Å². The molecule has 1 heterocycles. The Kier molecular flexibility index (Phi) is 5.79. The molecule has 10 heteroatoms. The van der Waals surface area contributed by atoms with Crippen molar-refractivity contribution in [3.05, 3.63) is 92.6 Å². The average Bonchev–Trinajstić information content (AvgIpc) is 3.20. The van der Waals surface area contributed by atoms with Crippen LogP contribution < -0.4 is 9.64 Å². The van der Waals surface area contributed by atoms with E-state index in [9.17, 15) is 34.4 Å². The highest BCUT2D eigenvalue weighted by molar-refractivity contribution is 6.25. The van der Waals surface area contributed by atoms with Crippen LogP contribution in [0.5, 0.6) is 11.5 Å². The van der Waals surface area contributed by atoms with Gasteiger partial charge in [0.05, 0.1) is 29.6 Å². The van der Waals surface area contributed by atoms with Crippen molar-refractivity contribution in [3.63, 3.8) is 0 Å². The standard InChI is InChI=1S/C30H24N2O8/c1-14-11-22(33)21-13-20-18(25(27(21)28(14)35)15-3-10-24(40-2)23(34)12-15)8-9-19-26(20)30(37)31(29(19)36)16-4-6-17(7-5-16)32(38)39/h3-8,10-12,19-20,25-26,34H,9,13H2,1-2H3/t19-,20+,25-,26-/m0/s1. The third-order valence-corrected chi connectivity index (χ3v) is 8.42. The fraction of sp³-hybridized carbons (Fsp3) is 0.267. The number of amides is 2. The molecule has 1 fully saturated rings. The van der Waals surface area contributed by atoms with Crippen LogP contribution in [0.3, 0.4) is 0 Å². The minimum absolute atomic E-state index is 0.127. The third kappa shape index (κ3) is 3.63. The highest BCUT2D eigenvalue weighted by Gasteiger charge is 2.56. The van der Waals surface area contributed by atoms with Gasteiger partial charge in [-0.2, -0.15) is 0 Å². The summed E-state index contributed by atoms with van der Waals surface area (Å²) in [7, 11) is 1.42. The molecule has 2 aromatic carbocycles. The number of Topliss-reactive ketones (excluding diaryl/α,β-unsaturated/α-hetero) is 1. The molecule has 0 aromatic heterocycles. The molecule has 10 nitrogen and oxygen atoms in total. The van der Waals surface area contributed by atoms with Crippen LogP contribution in [0.1, 0.15) is 31.2 Å². The van der Waals surface area contributed by atoms with Crippen molar-refractivity contribution in [1.29, 1.82) is 0 Å². The van der Waals surface area contributed by atoms with E-state index in [2.05, 4.69) is 0 Å². The van der Waals surface area contributed by atoms with Gasteiger partial charge >= 0.3 is 0 Å². The Bertz CT molecular complexity index is 1630. The molecular formula is C30H24N2O8. The van der Waals surface area contributed by atoms with Gasteiger partial charge in [-0.1, -0.05) is 17.7 Å². The van der Waals surface area contributed by atoms with E-state index in [0.717, 1.165) is 10.5 Å². The quantitative estimate of drug-likeness (QED) is 0.202. The summed E-state index contributed by atoms with van der Waals surface area (Å²) < 4.78 is 5.18. The van der Waals surface area contributed by atoms with E-state index >= 15 is 0 Å². The maximum absolute atomic E-state index is 13.9. The van der Waals surface area contributed by atoms with Gasteiger partial charge in [-0.25, -0.2) is 0 Å². The SMILES string of the molecule is COc1ccc([C@H]2C3=CC[C@@H]4C(=O)N(c5ccc([N+](=O)[O-])cc5)C(=O)[C@@H]4[C@@H]3CC3=C2C(=O)C(C)=CC3=O)cc1O. The molecule has 0 bridgehead atoms. The summed E-state index contributed by atoms with van der Waals surface area (Å²) in [6, 6.07) is 10.0. The van der Waals surface area contributed by atoms with Crippen LogP contribution in [0.2, 0.25) is 0 Å². The lowest BCUT2D eigenvalue weighted by atomic mass is 9.59. The van der Waals surface area contributed by atoms with Crippen molar-refractivity contribution >= 4 is 34.8 Å². The first-order chi connectivity index (χ1) is 19.1. The van der Waals surface area contributed by atoms with Crippen molar-refractivity contribution in [1.82, 2.24) is 0 Å². The van der Waals surface area contributed by atoms with Crippen LogP contribution in [-0.2, 0) is 19.2 Å². The maximum Gasteiger partial charge on any atom is 0.269 e. The van der Waals surface area contributed by atoms with Crippen molar-refractivity contribution in [2.75, 3.05) is 12.0 Å². The van der Waals surface area contributed by atoms with Gasteiger partial charge in [-0.3, -0.25) is 34.2 Å². The fourth-order valence-corrected chi connectivity index (χ4v) is 6.61. The number of nitrogens with zero attached hydrogens (tertiary/aromatic N) is 2. The second-order valence-electron chi connectivity index (χ2n) is 10.4. The molecule has 0 saturated carbocycles. The molecule has 1 aliphatic heterocycles. The molecule has 6 rings (SSSR count). The first kappa shape index (κ1) is 25.4. The summed E-state index contributed by atoms with van der Waals surface area (Å²) in [6.45, 7) is 1.59. The van der Waals surface area contributed by atoms with Crippen LogP contribution in [0, 0.1) is 27.9 Å². The Morgan fingerprint density at radius 1 is 1.02 bits per heavy atom. The number of hydrogen-bond donors (Lipinski definition) is 1. The molecule has 1 saturated heterocycles. The van der Waals surface area contributed by atoms with Gasteiger partial charge in [0.25, 0.3) is 5.69 Å². The number of carbonyl (C=O) groups is 4. The number of imide groups is 1. The van der Waals surface area contributed by atoms with E-state index in [1.807, 2.05) is 6.08 Å². The van der Waals surface area contributed by atoms with Gasteiger partial charge < -0.3 is 9.84 Å². The van der Waals surface area contributed by atoms with Gasteiger partial charge in [0.2, 0.25) is 11.8 Å². The van der Waals surface area contributed by atoms with Crippen molar-refractivity contribution in [2.24, 2.45) is 17.8 Å². The van der Waals surface area contributed by atoms with Gasteiger partial charge in [0.15, 0.2) is 23.1 Å². The van der Waals surface area contributed by atoms with Crippen LogP contribution in [-0.4, -0.2) is 40.5 Å². The minimum atomic E-state index is -0.777. The Labute approximate surface area is 228 Å². The number of non-ortho nitro benzene ring substituents is 1. The Hall–Kier alpha value is -4.86. The second kappa shape index (κ2) is 9.11. The number of phenols is 1. The number of ketones is 2. The lowest BCUT2D eigenvalue weighted by Crippen LogP contribution is -2.39. The zero-order chi connectivity index (χ0) is 28.5. The van der Waals surface area contributed by atoms with E-state index in [1.54, 1.807) is 19.1 Å². The fourth-order valence-electron chi connectivity index (χ4n) is 6.61. The maximum atomic E-state index is 13.9. The lowest BCUT2D eigenvalue weighted by molar-refractivity contribution is -0.384. The van der Waals surface area contributed by atoms with Gasteiger partial charge in [0.1, 0.15) is 0 Å². The highest BCUT2D eigenvalue weighted by atomic mass is 16.6. The number of ether oxygens (including phenoxy) is 1. The molecule has 0 radical (unpaired) electrons. The number of methoxy groups -OCH3 is 1. The number of nitro benzene ring substituents is 1. The van der Waals surface area contributed by atoms with Gasteiger partial charge in [0, 0.05) is 34.8 Å². The number of hydrogen-bond acceptors (Lipinski definition) is 8. The predicted molar refractivity (Wildman–Crippen MR) is 142 cm³/mol. The Morgan fingerprint density at radius 3 is 2.40 bits per heavy atom. The predicted octanol–water partition coefficient (Wildman–Crippen LogP) is 3.94. The van der Waals surface area contributed by atoms with E-state index in [4.69, 9.17) is 4.74 Å². The minimum Gasteiger partial charge on any atom is -0.504 e. The van der Waals surface area contributed by atoms with Crippen LogP contribution in [0.15, 0.2) is 76.9 Å². The number of benzene rings is 2. The number of anilines is 1. The van der Waals surface area contributed by atoms with E-state index in [0.29, 0.717) is 22.3 Å². The van der Waals surface area contributed by atoms with Crippen LogP contribution in [0.4, 0.5) is 11.4 Å². The lowest BCUT2D eigenvalue weighted by Gasteiger charge is -2.42. The molecule has 1 N–H and O–H groups in total. The molecule has 2 aromatic rings. The molecular weight excluding hydrogens is 516 g/mol. The second-order valence-corrected chi connectivity index (χ2v) is 10.4. The van der Waals surface area contributed by atoms with Crippen molar-refractivity contribution in [2.45, 2.75) is 25.7 Å². The summed E-state index contributed by atoms with van der Waals surface area (Å²) in [5.74, 6) is -3.97. The van der Waals surface area contributed by atoms with E-state index in [-0.39, 0.29) is 47.3 Å². The molecule has 0 spiro atoms. The van der Waals surface area contributed by atoms with Crippen molar-refractivity contribution in [3.8, 4) is 11.5 Å². The number of phenolic OH excluding ortho intramolecular Hbond substituents is 1. The van der Waals surface area contributed by atoms with Gasteiger partial charge in [-0.15, -0.1) is 0 Å². The number of carbonyl (C=O) groups excluding carboxylic acids is 4. The van der Waals surface area contributed by atoms with Crippen molar-refractivity contribution < 1.29 is 33.9 Å². The summed E-state index contributed by atoms with van der Waals surface area (Å²) in [4.78, 5) is 65.7. The number of fused-ring (bicyclic) bond motifs is 3. The number of rotatable bonds is 4. The first-order valence-corrected chi connectivity index (χ1v) is 12.8. The normalized spacial score (nSPS) is 25.7.